The van der Waals surface area contributed by atoms with Gasteiger partial charge in [0.05, 0.1) is 19.1 Å². The lowest BCUT2D eigenvalue weighted by Crippen LogP contribution is -2.44. The normalized spacial score (nSPS) is 15.5. The Kier molecular flexibility index (Phi) is 12.4. The van der Waals surface area contributed by atoms with Gasteiger partial charge in [-0.15, -0.1) is 0 Å². The van der Waals surface area contributed by atoms with Crippen LogP contribution in [0.25, 0.3) is 0 Å². The average Bonchev–Trinajstić information content (AvgIpc) is 2.73. The van der Waals surface area contributed by atoms with Gasteiger partial charge < -0.3 is 14.8 Å². The van der Waals surface area contributed by atoms with Crippen molar-refractivity contribution in [2.75, 3.05) is 25.6 Å². The molecule has 158 valence electrons. The first-order chi connectivity index (χ1) is 13.4. The molecule has 8 heteroatoms. The lowest BCUT2D eigenvalue weighted by molar-refractivity contribution is -0.142. The van der Waals surface area contributed by atoms with Crippen molar-refractivity contribution in [3.8, 4) is 6.07 Å². The van der Waals surface area contributed by atoms with Gasteiger partial charge in [-0.25, -0.2) is 9.37 Å². The van der Waals surface area contributed by atoms with Crippen LogP contribution < -0.4 is 5.32 Å². The number of pyridine rings is 1. The first kappa shape index (κ1) is 26.1. The summed E-state index contributed by atoms with van der Waals surface area (Å²) in [6.07, 6.45) is 1.49. The van der Waals surface area contributed by atoms with Gasteiger partial charge in [-0.1, -0.05) is 46.2 Å². The maximum absolute atomic E-state index is 14.2. The topological polar surface area (TPSA) is 84.2 Å². The number of carbonyl (C=O) groups is 1. The summed E-state index contributed by atoms with van der Waals surface area (Å²) in [5.41, 5.74) is -0.331. The summed E-state index contributed by atoms with van der Waals surface area (Å²) in [5, 5.41) is 11.8. The van der Waals surface area contributed by atoms with Gasteiger partial charge in [-0.2, -0.15) is 5.26 Å². The number of ether oxygens (including phenoxy) is 2. The monoisotopic (exact) mass is 415 g/mol. The number of halogens is 2. The molecule has 0 aromatic carbocycles. The van der Waals surface area contributed by atoms with Crippen LogP contribution in [-0.2, 0) is 14.3 Å². The number of hydrogen-bond acceptors (Lipinski definition) is 6. The molecule has 1 aliphatic rings. The van der Waals surface area contributed by atoms with Crippen molar-refractivity contribution >= 4 is 23.4 Å². The quantitative estimate of drug-likeness (QED) is 0.540. The van der Waals surface area contributed by atoms with Gasteiger partial charge in [0.15, 0.2) is 11.6 Å². The number of anilines is 1. The molecule has 1 N–H and O–H groups in total. The van der Waals surface area contributed by atoms with E-state index in [0.717, 1.165) is 6.07 Å². The van der Waals surface area contributed by atoms with Crippen LogP contribution in [0.15, 0.2) is 6.07 Å². The SMILES string of the molecule is CC.CC.COC(=O)CC(Nc1nc(Cl)c(C#N)cc1F)C1(C)CCOCC1. The summed E-state index contributed by atoms with van der Waals surface area (Å²) in [6, 6.07) is 2.40. The van der Waals surface area contributed by atoms with Crippen LogP contribution >= 0.6 is 11.6 Å². The number of rotatable bonds is 5. The third kappa shape index (κ3) is 7.25. The van der Waals surface area contributed by atoms with E-state index in [-0.39, 0.29) is 28.4 Å². The van der Waals surface area contributed by atoms with E-state index >= 15 is 0 Å². The Morgan fingerprint density at radius 1 is 1.43 bits per heavy atom. The number of nitrogens with zero attached hydrogens (tertiary/aromatic N) is 2. The Morgan fingerprint density at radius 2 is 2.00 bits per heavy atom. The summed E-state index contributed by atoms with van der Waals surface area (Å²) in [4.78, 5) is 15.7. The Morgan fingerprint density at radius 3 is 2.50 bits per heavy atom. The van der Waals surface area contributed by atoms with E-state index in [2.05, 4.69) is 10.3 Å². The Bertz CT molecular complexity index is 659. The zero-order valence-corrected chi connectivity index (χ0v) is 18.3. The number of esters is 1. The molecule has 0 amide bonds. The molecule has 0 saturated carbocycles. The molecule has 0 bridgehead atoms. The highest BCUT2D eigenvalue weighted by atomic mass is 35.5. The first-order valence-corrected chi connectivity index (χ1v) is 9.94. The highest BCUT2D eigenvalue weighted by molar-refractivity contribution is 6.30. The third-order valence-electron chi connectivity index (χ3n) is 4.44. The molecule has 1 aromatic rings. The Hall–Kier alpha value is -1.91. The van der Waals surface area contributed by atoms with Crippen LogP contribution in [0.1, 0.15) is 59.4 Å². The van der Waals surface area contributed by atoms with Crippen molar-refractivity contribution in [2.45, 2.75) is 59.9 Å². The fourth-order valence-corrected chi connectivity index (χ4v) is 2.90. The van der Waals surface area contributed by atoms with E-state index < -0.39 is 17.8 Å². The van der Waals surface area contributed by atoms with Crippen molar-refractivity contribution in [3.05, 3.63) is 22.6 Å². The van der Waals surface area contributed by atoms with Gasteiger partial charge in [0, 0.05) is 19.3 Å². The highest BCUT2D eigenvalue weighted by Crippen LogP contribution is 2.37. The summed E-state index contributed by atoms with van der Waals surface area (Å²) in [7, 11) is 1.31. The number of hydrogen-bond donors (Lipinski definition) is 1. The van der Waals surface area contributed by atoms with E-state index in [1.807, 2.05) is 34.6 Å². The fourth-order valence-electron chi connectivity index (χ4n) is 2.72. The van der Waals surface area contributed by atoms with Crippen molar-refractivity contribution in [1.29, 1.82) is 5.26 Å². The van der Waals surface area contributed by atoms with Crippen molar-refractivity contribution < 1.29 is 18.7 Å². The molecule has 0 radical (unpaired) electrons. The summed E-state index contributed by atoms with van der Waals surface area (Å²) < 4.78 is 24.3. The van der Waals surface area contributed by atoms with E-state index in [0.29, 0.717) is 26.1 Å². The number of nitrogens with one attached hydrogen (secondary N) is 1. The van der Waals surface area contributed by atoms with E-state index in [1.54, 1.807) is 6.07 Å². The van der Waals surface area contributed by atoms with Gasteiger partial charge in [0.2, 0.25) is 0 Å². The van der Waals surface area contributed by atoms with Crippen LogP contribution in [0.3, 0.4) is 0 Å². The maximum Gasteiger partial charge on any atom is 0.307 e. The largest absolute Gasteiger partial charge is 0.469 e. The van der Waals surface area contributed by atoms with E-state index in [1.165, 1.54) is 7.11 Å². The number of methoxy groups -OCH3 is 1. The predicted octanol–water partition coefficient (Wildman–Crippen LogP) is 4.96. The molecule has 1 aromatic heterocycles. The maximum atomic E-state index is 14.2. The highest BCUT2D eigenvalue weighted by Gasteiger charge is 2.38. The van der Waals surface area contributed by atoms with Gasteiger partial charge in [-0.3, -0.25) is 4.79 Å². The molecule has 6 nitrogen and oxygen atoms in total. The Balaban J connectivity index is 0.00000171. The van der Waals surface area contributed by atoms with Gasteiger partial charge in [0.1, 0.15) is 11.2 Å². The van der Waals surface area contributed by atoms with Crippen LogP contribution in [0.2, 0.25) is 5.15 Å². The van der Waals surface area contributed by atoms with Gasteiger partial charge in [0.25, 0.3) is 0 Å². The molecular formula is C20H31ClFN3O3. The van der Waals surface area contributed by atoms with Crippen LogP contribution in [-0.4, -0.2) is 37.3 Å². The zero-order chi connectivity index (χ0) is 21.7. The van der Waals surface area contributed by atoms with Crippen LogP contribution in [0, 0.1) is 22.6 Å². The molecule has 1 unspecified atom stereocenters. The lowest BCUT2D eigenvalue weighted by atomic mass is 9.74. The molecule has 0 aliphatic carbocycles. The second-order valence-corrected chi connectivity index (χ2v) is 6.37. The van der Waals surface area contributed by atoms with Gasteiger partial charge in [-0.05, 0) is 24.3 Å². The molecule has 1 atom stereocenters. The predicted molar refractivity (Wildman–Crippen MR) is 109 cm³/mol. The lowest BCUT2D eigenvalue weighted by Gasteiger charge is -2.40. The first-order valence-electron chi connectivity index (χ1n) is 9.57. The minimum absolute atomic E-state index is 0.0403. The molecule has 1 aliphatic heterocycles. The standard InChI is InChI=1S/C16H19ClFN3O3.2C2H6/c1-16(3-5-24-6-4-16)12(8-13(22)23-2)20-15-11(18)7-10(9-19)14(17)21-15;2*1-2/h7,12H,3-6,8H2,1-2H3,(H,20,21);2*1-2H3. The van der Waals surface area contributed by atoms with Crippen LogP contribution in [0.5, 0.6) is 0 Å². The van der Waals surface area contributed by atoms with E-state index in [9.17, 15) is 9.18 Å². The molecular weight excluding hydrogens is 385 g/mol. The zero-order valence-electron chi connectivity index (χ0n) is 17.6. The minimum atomic E-state index is -0.693. The van der Waals surface area contributed by atoms with E-state index in [4.69, 9.17) is 26.3 Å². The molecule has 1 saturated heterocycles. The summed E-state index contributed by atoms with van der Waals surface area (Å²) >= 11 is 5.89. The summed E-state index contributed by atoms with van der Waals surface area (Å²) in [5.74, 6) is -1.18. The number of carbonyl (C=O) groups excluding carboxylic acids is 1. The molecule has 2 heterocycles. The molecule has 0 spiro atoms. The number of aromatic nitrogens is 1. The van der Waals surface area contributed by atoms with Crippen molar-refractivity contribution in [3.63, 3.8) is 0 Å². The minimum Gasteiger partial charge on any atom is -0.469 e. The van der Waals surface area contributed by atoms with Gasteiger partial charge >= 0.3 is 5.97 Å². The summed E-state index contributed by atoms with van der Waals surface area (Å²) in [6.45, 7) is 11.2. The number of nitriles is 1. The third-order valence-corrected chi connectivity index (χ3v) is 4.72. The van der Waals surface area contributed by atoms with Crippen molar-refractivity contribution in [1.82, 2.24) is 4.98 Å². The molecule has 28 heavy (non-hydrogen) atoms. The Labute approximate surface area is 172 Å². The second-order valence-electron chi connectivity index (χ2n) is 6.01. The van der Waals surface area contributed by atoms with Crippen molar-refractivity contribution in [2.24, 2.45) is 5.41 Å². The van der Waals surface area contributed by atoms with Crippen LogP contribution in [0.4, 0.5) is 10.2 Å². The molecule has 1 fully saturated rings. The second kappa shape index (κ2) is 13.3. The molecule has 2 rings (SSSR count). The fraction of sp³-hybridized carbons (Fsp3) is 0.650. The smallest absolute Gasteiger partial charge is 0.307 e. The average molecular weight is 416 g/mol.